The number of benzene rings is 1. The zero-order chi connectivity index (χ0) is 9.26. The Hall–Kier alpha value is -1.42. The molecule has 0 aromatic heterocycles. The molecule has 0 radical (unpaired) electrons. The summed E-state index contributed by atoms with van der Waals surface area (Å²) in [7, 11) is 0. The summed E-state index contributed by atoms with van der Waals surface area (Å²) in [5, 5.41) is 8.66. The maximum Gasteiger partial charge on any atom is 0.348 e. The van der Waals surface area contributed by atoms with Crippen molar-refractivity contribution in [2.75, 3.05) is 6.61 Å². The van der Waals surface area contributed by atoms with E-state index in [2.05, 4.69) is 0 Å². The lowest BCUT2D eigenvalue weighted by molar-refractivity contribution is -0.147. The molecule has 0 amide bonds. The van der Waals surface area contributed by atoms with Gasteiger partial charge in [-0.2, -0.15) is 0 Å². The Morgan fingerprint density at radius 1 is 1.36 bits per heavy atom. The van der Waals surface area contributed by atoms with Crippen molar-refractivity contribution >= 4 is 18.4 Å². The van der Waals surface area contributed by atoms with Crippen LogP contribution in [0, 0.1) is 0 Å². The average Bonchev–Trinajstić information content (AvgIpc) is 2.17. The molecule has 1 atom stereocenters. The second-order valence-corrected chi connectivity index (χ2v) is 2.70. The molecule has 1 N–H and O–H groups in total. The maximum absolute atomic E-state index is 10.6. The number of carboxylic acid groups (broad SMARTS) is 1. The van der Waals surface area contributed by atoms with E-state index in [1.165, 1.54) is 0 Å². The zero-order valence-electron chi connectivity index (χ0n) is 7.17. The molecule has 1 heterocycles. The fourth-order valence-electron chi connectivity index (χ4n) is 1.14. The fraction of sp³-hybridized carbons (Fsp3) is 0.222. The topological polar surface area (TPSA) is 55.8 Å². The van der Waals surface area contributed by atoms with Crippen LogP contribution in [0.25, 0.3) is 0 Å². The van der Waals surface area contributed by atoms with Crippen molar-refractivity contribution in [3.63, 3.8) is 0 Å². The van der Waals surface area contributed by atoms with E-state index in [0.29, 0.717) is 11.5 Å². The maximum atomic E-state index is 10.6. The quantitative estimate of drug-likeness (QED) is 0.770. The zero-order valence-corrected chi connectivity index (χ0v) is 7.99. The van der Waals surface area contributed by atoms with Gasteiger partial charge in [0.15, 0.2) is 11.5 Å². The van der Waals surface area contributed by atoms with Gasteiger partial charge in [0.05, 0.1) is 0 Å². The molecular formula is C9H9ClO4. The van der Waals surface area contributed by atoms with E-state index in [9.17, 15) is 4.79 Å². The van der Waals surface area contributed by atoms with Crippen LogP contribution in [-0.4, -0.2) is 23.8 Å². The Kier molecular flexibility index (Phi) is 3.19. The Morgan fingerprint density at radius 3 is 2.64 bits per heavy atom. The van der Waals surface area contributed by atoms with E-state index in [1.54, 1.807) is 18.2 Å². The number of para-hydroxylation sites is 2. The van der Waals surface area contributed by atoms with Gasteiger partial charge in [-0.1, -0.05) is 12.1 Å². The largest absolute Gasteiger partial charge is 0.485 e. The molecule has 2 rings (SSSR count). The molecule has 1 unspecified atom stereocenters. The number of rotatable bonds is 1. The molecule has 0 spiro atoms. The molecule has 0 saturated heterocycles. The third kappa shape index (κ3) is 1.90. The summed E-state index contributed by atoms with van der Waals surface area (Å²) in [5.41, 5.74) is 0. The predicted octanol–water partition coefficient (Wildman–Crippen LogP) is 1.33. The molecule has 1 aliphatic heterocycles. The van der Waals surface area contributed by atoms with Crippen LogP contribution in [0.5, 0.6) is 11.5 Å². The van der Waals surface area contributed by atoms with Crippen molar-refractivity contribution in [3.8, 4) is 11.5 Å². The van der Waals surface area contributed by atoms with Gasteiger partial charge in [-0.3, -0.25) is 0 Å². The first kappa shape index (κ1) is 10.7. The standard InChI is InChI=1S/C9H8O4.ClH/c10-9(11)8-5-12-6-3-1-2-4-7(6)13-8;/h1-4,8H,5H2,(H,10,11);1H. The van der Waals surface area contributed by atoms with E-state index in [-0.39, 0.29) is 19.0 Å². The third-order valence-electron chi connectivity index (χ3n) is 1.78. The second kappa shape index (κ2) is 4.19. The highest BCUT2D eigenvalue weighted by Gasteiger charge is 2.26. The first-order valence-electron chi connectivity index (χ1n) is 3.88. The van der Waals surface area contributed by atoms with Gasteiger partial charge in [0.1, 0.15) is 6.61 Å². The average molecular weight is 217 g/mol. The number of carboxylic acids is 1. The van der Waals surface area contributed by atoms with Crippen LogP contribution < -0.4 is 9.47 Å². The molecule has 1 aliphatic rings. The number of aliphatic carboxylic acids is 1. The summed E-state index contributed by atoms with van der Waals surface area (Å²) >= 11 is 0. The minimum absolute atomic E-state index is 0. The van der Waals surface area contributed by atoms with E-state index >= 15 is 0 Å². The van der Waals surface area contributed by atoms with E-state index in [0.717, 1.165) is 0 Å². The SMILES string of the molecule is Cl.O=C(O)C1COc2ccccc2O1. The molecule has 0 saturated carbocycles. The van der Waals surface area contributed by atoms with Crippen LogP contribution in [-0.2, 0) is 4.79 Å². The molecule has 0 fully saturated rings. The Labute approximate surface area is 86.9 Å². The van der Waals surface area contributed by atoms with Gasteiger partial charge in [0.2, 0.25) is 6.10 Å². The minimum Gasteiger partial charge on any atom is -0.485 e. The van der Waals surface area contributed by atoms with Crippen molar-refractivity contribution < 1.29 is 19.4 Å². The number of hydrogen-bond donors (Lipinski definition) is 1. The number of fused-ring (bicyclic) bond motifs is 1. The van der Waals surface area contributed by atoms with Crippen LogP contribution in [0.15, 0.2) is 24.3 Å². The van der Waals surface area contributed by atoms with Gasteiger partial charge < -0.3 is 14.6 Å². The molecule has 0 bridgehead atoms. The highest BCUT2D eigenvalue weighted by atomic mass is 35.5. The lowest BCUT2D eigenvalue weighted by Gasteiger charge is -2.23. The Morgan fingerprint density at radius 2 is 2.00 bits per heavy atom. The number of hydrogen-bond acceptors (Lipinski definition) is 3. The van der Waals surface area contributed by atoms with Gasteiger partial charge in [0, 0.05) is 0 Å². The van der Waals surface area contributed by atoms with Crippen LogP contribution in [0.1, 0.15) is 0 Å². The summed E-state index contributed by atoms with van der Waals surface area (Å²) in [4.78, 5) is 10.6. The lowest BCUT2D eigenvalue weighted by atomic mass is 10.2. The van der Waals surface area contributed by atoms with Crippen LogP contribution in [0.4, 0.5) is 0 Å². The fourth-order valence-corrected chi connectivity index (χ4v) is 1.14. The predicted molar refractivity (Wildman–Crippen MR) is 51.2 cm³/mol. The third-order valence-corrected chi connectivity index (χ3v) is 1.78. The Bertz CT molecular complexity index is 339. The summed E-state index contributed by atoms with van der Waals surface area (Å²) in [5.74, 6) is 0.0793. The van der Waals surface area contributed by atoms with Gasteiger partial charge in [-0.15, -0.1) is 12.4 Å². The molecule has 1 aromatic rings. The highest BCUT2D eigenvalue weighted by Crippen LogP contribution is 2.30. The monoisotopic (exact) mass is 216 g/mol. The van der Waals surface area contributed by atoms with Gasteiger partial charge >= 0.3 is 5.97 Å². The van der Waals surface area contributed by atoms with Crippen LogP contribution in [0.2, 0.25) is 0 Å². The van der Waals surface area contributed by atoms with E-state index in [4.69, 9.17) is 14.6 Å². The highest BCUT2D eigenvalue weighted by molar-refractivity contribution is 5.85. The van der Waals surface area contributed by atoms with Crippen molar-refractivity contribution in [2.24, 2.45) is 0 Å². The molecule has 4 nitrogen and oxygen atoms in total. The smallest absolute Gasteiger partial charge is 0.348 e. The molecule has 1 aromatic carbocycles. The van der Waals surface area contributed by atoms with Gasteiger partial charge in [0.25, 0.3) is 0 Å². The number of carbonyl (C=O) groups is 1. The van der Waals surface area contributed by atoms with Gasteiger partial charge in [-0.05, 0) is 12.1 Å². The first-order chi connectivity index (χ1) is 6.27. The summed E-state index contributed by atoms with van der Waals surface area (Å²) < 4.78 is 10.4. The summed E-state index contributed by atoms with van der Waals surface area (Å²) in [6.45, 7) is 0.0619. The molecule has 76 valence electrons. The Balaban J connectivity index is 0.000000980. The van der Waals surface area contributed by atoms with Gasteiger partial charge in [-0.25, -0.2) is 4.79 Å². The van der Waals surface area contributed by atoms with Crippen LogP contribution in [0.3, 0.4) is 0 Å². The minimum atomic E-state index is -1.01. The summed E-state index contributed by atoms with van der Waals surface area (Å²) in [6.07, 6.45) is -0.894. The molecule has 14 heavy (non-hydrogen) atoms. The van der Waals surface area contributed by atoms with Crippen molar-refractivity contribution in [3.05, 3.63) is 24.3 Å². The molecular weight excluding hydrogens is 208 g/mol. The van der Waals surface area contributed by atoms with E-state index < -0.39 is 12.1 Å². The normalized spacial score (nSPS) is 18.1. The van der Waals surface area contributed by atoms with Crippen molar-refractivity contribution in [2.45, 2.75) is 6.10 Å². The van der Waals surface area contributed by atoms with Crippen molar-refractivity contribution in [1.29, 1.82) is 0 Å². The molecule has 0 aliphatic carbocycles. The lowest BCUT2D eigenvalue weighted by Crippen LogP contribution is -2.36. The van der Waals surface area contributed by atoms with Crippen LogP contribution >= 0.6 is 12.4 Å². The summed E-state index contributed by atoms with van der Waals surface area (Å²) in [6, 6.07) is 7.01. The first-order valence-corrected chi connectivity index (χ1v) is 3.88. The number of halogens is 1. The number of ether oxygens (including phenoxy) is 2. The molecule has 5 heteroatoms. The van der Waals surface area contributed by atoms with E-state index in [1.807, 2.05) is 6.07 Å². The van der Waals surface area contributed by atoms with Crippen molar-refractivity contribution in [1.82, 2.24) is 0 Å². The second-order valence-electron chi connectivity index (χ2n) is 2.70.